The number of nitrogens with zero attached hydrogens (tertiary/aromatic N) is 1. The standard InChI is InChI=1S/C13H15NO/c1-9(2)11-5-4-6-12-10(8-15)7-14(3)13(11)12/h4-9H,1-3H3. The van der Waals surface area contributed by atoms with Crippen molar-refractivity contribution in [1.29, 1.82) is 0 Å². The summed E-state index contributed by atoms with van der Waals surface area (Å²) in [5.41, 5.74) is 3.24. The summed E-state index contributed by atoms with van der Waals surface area (Å²) in [6, 6.07) is 6.15. The SMILES string of the molecule is CC(C)c1cccc2c(C=O)cn(C)c12. The zero-order valence-electron chi connectivity index (χ0n) is 9.32. The van der Waals surface area contributed by atoms with Gasteiger partial charge in [-0.2, -0.15) is 0 Å². The molecule has 0 atom stereocenters. The van der Waals surface area contributed by atoms with Crippen LogP contribution in [-0.4, -0.2) is 10.9 Å². The summed E-state index contributed by atoms with van der Waals surface area (Å²) in [5, 5.41) is 1.05. The normalized spacial score (nSPS) is 11.2. The predicted octanol–water partition coefficient (Wildman–Crippen LogP) is 3.11. The largest absolute Gasteiger partial charge is 0.350 e. The smallest absolute Gasteiger partial charge is 0.152 e. The number of hydrogen-bond acceptors (Lipinski definition) is 1. The van der Waals surface area contributed by atoms with E-state index in [1.807, 2.05) is 29.9 Å². The number of rotatable bonds is 2. The molecule has 0 unspecified atom stereocenters. The molecular formula is C13H15NO. The summed E-state index contributed by atoms with van der Waals surface area (Å²) in [6.07, 6.45) is 2.82. The Bertz CT molecular complexity index is 508. The first-order valence-electron chi connectivity index (χ1n) is 5.18. The molecular weight excluding hydrogens is 186 g/mol. The van der Waals surface area contributed by atoms with Gasteiger partial charge in [-0.1, -0.05) is 32.0 Å². The third kappa shape index (κ3) is 1.46. The molecule has 0 saturated heterocycles. The van der Waals surface area contributed by atoms with Gasteiger partial charge >= 0.3 is 0 Å². The van der Waals surface area contributed by atoms with E-state index in [1.54, 1.807) is 0 Å². The van der Waals surface area contributed by atoms with Crippen LogP contribution in [0, 0.1) is 0 Å². The molecule has 2 nitrogen and oxygen atoms in total. The summed E-state index contributed by atoms with van der Waals surface area (Å²) in [4.78, 5) is 10.9. The Morgan fingerprint density at radius 1 is 1.33 bits per heavy atom. The van der Waals surface area contributed by atoms with Gasteiger partial charge in [-0.3, -0.25) is 4.79 Å². The molecule has 0 saturated carbocycles. The first-order chi connectivity index (χ1) is 7.15. The van der Waals surface area contributed by atoms with Gasteiger partial charge in [-0.05, 0) is 11.5 Å². The molecule has 0 fully saturated rings. The van der Waals surface area contributed by atoms with Crippen LogP contribution in [0.15, 0.2) is 24.4 Å². The van der Waals surface area contributed by atoms with Crippen molar-refractivity contribution in [3.8, 4) is 0 Å². The molecule has 1 heterocycles. The van der Waals surface area contributed by atoms with Crippen molar-refractivity contribution in [2.24, 2.45) is 7.05 Å². The Kier molecular flexibility index (Phi) is 2.35. The van der Waals surface area contributed by atoms with E-state index >= 15 is 0 Å². The molecule has 0 radical (unpaired) electrons. The van der Waals surface area contributed by atoms with E-state index < -0.39 is 0 Å². The Morgan fingerprint density at radius 2 is 2.07 bits per heavy atom. The van der Waals surface area contributed by atoms with Gasteiger partial charge < -0.3 is 4.57 Å². The number of para-hydroxylation sites is 1. The number of aldehydes is 1. The fourth-order valence-electron chi connectivity index (χ4n) is 2.09. The minimum Gasteiger partial charge on any atom is -0.350 e. The van der Waals surface area contributed by atoms with Crippen molar-refractivity contribution in [1.82, 2.24) is 4.57 Å². The van der Waals surface area contributed by atoms with Crippen molar-refractivity contribution in [2.75, 3.05) is 0 Å². The number of fused-ring (bicyclic) bond motifs is 1. The molecule has 0 aliphatic carbocycles. The van der Waals surface area contributed by atoms with E-state index in [0.29, 0.717) is 5.92 Å². The molecule has 1 aromatic heterocycles. The van der Waals surface area contributed by atoms with E-state index in [2.05, 4.69) is 19.9 Å². The van der Waals surface area contributed by atoms with Crippen molar-refractivity contribution in [3.63, 3.8) is 0 Å². The minimum absolute atomic E-state index is 0.474. The number of hydrogen-bond donors (Lipinski definition) is 0. The molecule has 0 aliphatic heterocycles. The third-order valence-electron chi connectivity index (χ3n) is 2.81. The maximum Gasteiger partial charge on any atom is 0.152 e. The van der Waals surface area contributed by atoms with Crippen LogP contribution in [0.3, 0.4) is 0 Å². The second kappa shape index (κ2) is 3.54. The molecule has 78 valence electrons. The topological polar surface area (TPSA) is 22.0 Å². The number of aryl methyl sites for hydroxylation is 1. The zero-order valence-corrected chi connectivity index (χ0v) is 9.32. The molecule has 0 spiro atoms. The predicted molar refractivity (Wildman–Crippen MR) is 62.4 cm³/mol. The molecule has 0 aliphatic rings. The Labute approximate surface area is 89.5 Å². The van der Waals surface area contributed by atoms with Crippen molar-refractivity contribution in [2.45, 2.75) is 19.8 Å². The Morgan fingerprint density at radius 3 is 2.67 bits per heavy atom. The van der Waals surface area contributed by atoms with E-state index in [-0.39, 0.29) is 0 Å². The lowest BCUT2D eigenvalue weighted by molar-refractivity contribution is 0.112. The molecule has 2 heteroatoms. The Hall–Kier alpha value is -1.57. The first kappa shape index (κ1) is 9.97. The van der Waals surface area contributed by atoms with Gasteiger partial charge in [0.25, 0.3) is 0 Å². The van der Waals surface area contributed by atoms with E-state index in [9.17, 15) is 4.79 Å². The highest BCUT2D eigenvalue weighted by Gasteiger charge is 2.11. The average molecular weight is 201 g/mol. The monoisotopic (exact) mass is 201 g/mol. The summed E-state index contributed by atoms with van der Waals surface area (Å²) < 4.78 is 2.04. The number of carbonyl (C=O) groups is 1. The van der Waals surface area contributed by atoms with Crippen LogP contribution in [0.1, 0.15) is 35.7 Å². The maximum absolute atomic E-state index is 10.9. The molecule has 0 amide bonds. The van der Waals surface area contributed by atoms with Crippen LogP contribution >= 0.6 is 0 Å². The highest BCUT2D eigenvalue weighted by molar-refractivity contribution is 5.99. The highest BCUT2D eigenvalue weighted by atomic mass is 16.1. The summed E-state index contributed by atoms with van der Waals surface area (Å²) in [7, 11) is 1.99. The van der Waals surface area contributed by atoms with Crippen molar-refractivity contribution in [3.05, 3.63) is 35.5 Å². The number of aromatic nitrogens is 1. The number of carbonyl (C=O) groups excluding carboxylic acids is 1. The quantitative estimate of drug-likeness (QED) is 0.684. The summed E-state index contributed by atoms with van der Waals surface area (Å²) >= 11 is 0. The van der Waals surface area contributed by atoms with Gasteiger partial charge in [0.05, 0.1) is 5.52 Å². The third-order valence-corrected chi connectivity index (χ3v) is 2.81. The van der Waals surface area contributed by atoms with Gasteiger partial charge in [0.15, 0.2) is 6.29 Å². The van der Waals surface area contributed by atoms with Gasteiger partial charge in [-0.15, -0.1) is 0 Å². The Balaban J connectivity index is 2.85. The molecule has 1 aromatic carbocycles. The van der Waals surface area contributed by atoms with Gasteiger partial charge in [0.1, 0.15) is 0 Å². The van der Waals surface area contributed by atoms with Crippen LogP contribution < -0.4 is 0 Å². The van der Waals surface area contributed by atoms with Gasteiger partial charge in [0.2, 0.25) is 0 Å². The van der Waals surface area contributed by atoms with E-state index in [4.69, 9.17) is 0 Å². The van der Waals surface area contributed by atoms with Crippen LogP contribution in [0.25, 0.3) is 10.9 Å². The fourth-order valence-corrected chi connectivity index (χ4v) is 2.09. The maximum atomic E-state index is 10.9. The highest BCUT2D eigenvalue weighted by Crippen LogP contribution is 2.27. The lowest BCUT2D eigenvalue weighted by Gasteiger charge is -2.08. The summed E-state index contributed by atoms with van der Waals surface area (Å²) in [6.45, 7) is 4.34. The molecule has 2 aromatic rings. The molecule has 0 bridgehead atoms. The van der Waals surface area contributed by atoms with Crippen LogP contribution in [0.4, 0.5) is 0 Å². The molecule has 0 N–H and O–H groups in total. The lowest BCUT2D eigenvalue weighted by atomic mass is 10.00. The minimum atomic E-state index is 0.474. The first-order valence-corrected chi connectivity index (χ1v) is 5.18. The van der Waals surface area contributed by atoms with Gasteiger partial charge in [-0.25, -0.2) is 0 Å². The number of benzene rings is 1. The van der Waals surface area contributed by atoms with E-state index in [1.165, 1.54) is 11.1 Å². The van der Waals surface area contributed by atoms with Crippen LogP contribution in [-0.2, 0) is 7.05 Å². The second-order valence-electron chi connectivity index (χ2n) is 4.21. The molecule has 2 rings (SSSR count). The molecule has 15 heavy (non-hydrogen) atoms. The lowest BCUT2D eigenvalue weighted by Crippen LogP contribution is -1.93. The average Bonchev–Trinajstić information content (AvgIpc) is 2.55. The second-order valence-corrected chi connectivity index (χ2v) is 4.21. The van der Waals surface area contributed by atoms with Crippen molar-refractivity contribution >= 4 is 17.2 Å². The van der Waals surface area contributed by atoms with Gasteiger partial charge in [0, 0.05) is 24.2 Å². The van der Waals surface area contributed by atoms with Crippen molar-refractivity contribution < 1.29 is 4.79 Å². The van der Waals surface area contributed by atoms with Crippen LogP contribution in [0.2, 0.25) is 0 Å². The van der Waals surface area contributed by atoms with E-state index in [0.717, 1.165) is 17.2 Å². The zero-order chi connectivity index (χ0) is 11.0. The summed E-state index contributed by atoms with van der Waals surface area (Å²) in [5.74, 6) is 0.474. The fraction of sp³-hybridized carbons (Fsp3) is 0.308. The van der Waals surface area contributed by atoms with Crippen LogP contribution in [0.5, 0.6) is 0 Å².